The van der Waals surface area contributed by atoms with Crippen LogP contribution in [0.15, 0.2) is 18.2 Å². The molecule has 0 radical (unpaired) electrons. The third-order valence-electron chi connectivity index (χ3n) is 3.90. The molecule has 3 N–H and O–H groups in total. The Labute approximate surface area is 125 Å². The third kappa shape index (κ3) is 4.30. The van der Waals surface area contributed by atoms with Gasteiger partial charge in [0.25, 0.3) is 5.91 Å². The summed E-state index contributed by atoms with van der Waals surface area (Å²) in [4.78, 5) is 12.2. The summed E-state index contributed by atoms with van der Waals surface area (Å²) in [5.41, 5.74) is 5.97. The fraction of sp³-hybridized carbons (Fsp3) is 0.471. The molecule has 0 saturated heterocycles. The fourth-order valence-electron chi connectivity index (χ4n) is 2.60. The van der Waals surface area contributed by atoms with E-state index in [4.69, 9.17) is 5.73 Å². The number of halogens is 1. The number of rotatable bonds is 2. The van der Waals surface area contributed by atoms with E-state index in [1.54, 1.807) is 6.07 Å². The number of hydrogen-bond donors (Lipinski definition) is 2. The highest BCUT2D eigenvalue weighted by Gasteiger charge is 2.21. The third-order valence-corrected chi connectivity index (χ3v) is 3.90. The standard InChI is InChI=1S/C17H21FN2O/c1-12-4-7-14(8-5-12)20-17(21)15-11-13(3-2-10-19)6-9-16(15)18/h6,9,11-12,14H,4-5,7-8,10,19H2,1H3,(H,20,21). The van der Waals surface area contributed by atoms with Gasteiger partial charge in [0.1, 0.15) is 5.82 Å². The molecule has 1 fully saturated rings. The van der Waals surface area contributed by atoms with Gasteiger partial charge in [0.2, 0.25) is 0 Å². The van der Waals surface area contributed by atoms with Crippen LogP contribution in [0.4, 0.5) is 4.39 Å². The number of carbonyl (C=O) groups excluding carboxylic acids is 1. The van der Waals surface area contributed by atoms with Crippen LogP contribution in [0.3, 0.4) is 0 Å². The van der Waals surface area contributed by atoms with E-state index in [1.807, 2.05) is 0 Å². The number of carbonyl (C=O) groups is 1. The first-order chi connectivity index (χ1) is 10.1. The number of amides is 1. The van der Waals surface area contributed by atoms with Crippen LogP contribution >= 0.6 is 0 Å². The minimum Gasteiger partial charge on any atom is -0.349 e. The summed E-state index contributed by atoms with van der Waals surface area (Å²) in [6.45, 7) is 2.45. The topological polar surface area (TPSA) is 55.1 Å². The van der Waals surface area contributed by atoms with E-state index in [1.165, 1.54) is 12.1 Å². The van der Waals surface area contributed by atoms with Crippen molar-refractivity contribution in [3.8, 4) is 11.8 Å². The molecule has 0 heterocycles. The molecule has 21 heavy (non-hydrogen) atoms. The number of benzene rings is 1. The molecule has 1 aromatic carbocycles. The zero-order chi connectivity index (χ0) is 15.2. The molecule has 1 aliphatic rings. The molecule has 0 aliphatic heterocycles. The van der Waals surface area contributed by atoms with Crippen molar-refractivity contribution in [1.29, 1.82) is 0 Å². The van der Waals surface area contributed by atoms with Gasteiger partial charge in [-0.2, -0.15) is 0 Å². The Morgan fingerprint density at radius 2 is 2.10 bits per heavy atom. The van der Waals surface area contributed by atoms with Crippen molar-refractivity contribution >= 4 is 5.91 Å². The lowest BCUT2D eigenvalue weighted by Gasteiger charge is -2.27. The first kappa shape index (κ1) is 15.5. The van der Waals surface area contributed by atoms with Crippen LogP contribution in [0.1, 0.15) is 48.5 Å². The highest BCUT2D eigenvalue weighted by Crippen LogP contribution is 2.23. The van der Waals surface area contributed by atoms with Crippen LogP contribution < -0.4 is 11.1 Å². The van der Waals surface area contributed by atoms with Gasteiger partial charge in [0.15, 0.2) is 0 Å². The largest absolute Gasteiger partial charge is 0.349 e. The van der Waals surface area contributed by atoms with E-state index in [9.17, 15) is 9.18 Å². The van der Waals surface area contributed by atoms with Crippen LogP contribution in [0.25, 0.3) is 0 Å². The maximum atomic E-state index is 13.8. The molecule has 1 aromatic rings. The lowest BCUT2D eigenvalue weighted by atomic mass is 9.87. The van der Waals surface area contributed by atoms with Gasteiger partial charge in [-0.3, -0.25) is 4.79 Å². The van der Waals surface area contributed by atoms with E-state index in [-0.39, 0.29) is 24.1 Å². The minimum absolute atomic E-state index is 0.0532. The molecule has 0 unspecified atom stereocenters. The average Bonchev–Trinajstić information content (AvgIpc) is 2.48. The molecule has 1 amide bonds. The monoisotopic (exact) mass is 288 g/mol. The van der Waals surface area contributed by atoms with Crippen LogP contribution in [-0.2, 0) is 0 Å². The van der Waals surface area contributed by atoms with Gasteiger partial charge in [-0.25, -0.2) is 4.39 Å². The van der Waals surface area contributed by atoms with Crippen LogP contribution in [0, 0.1) is 23.6 Å². The normalized spacial score (nSPS) is 21.3. The predicted octanol–water partition coefficient (Wildman–Crippen LogP) is 2.44. The van der Waals surface area contributed by atoms with Crippen molar-refractivity contribution in [1.82, 2.24) is 5.32 Å². The molecule has 2 rings (SSSR count). The lowest BCUT2D eigenvalue weighted by molar-refractivity contribution is 0.0919. The molecule has 1 aliphatic carbocycles. The Morgan fingerprint density at radius 3 is 2.76 bits per heavy atom. The van der Waals surface area contributed by atoms with E-state index in [0.29, 0.717) is 11.5 Å². The zero-order valence-electron chi connectivity index (χ0n) is 12.3. The molecule has 0 atom stereocenters. The Hall–Kier alpha value is -1.86. The van der Waals surface area contributed by atoms with Crippen LogP contribution in [0.2, 0.25) is 0 Å². The van der Waals surface area contributed by atoms with E-state index in [0.717, 1.165) is 25.7 Å². The SMILES string of the molecule is CC1CCC(NC(=O)c2cc(C#CCN)ccc2F)CC1. The highest BCUT2D eigenvalue weighted by atomic mass is 19.1. The second kappa shape index (κ2) is 7.24. The van der Waals surface area contributed by atoms with E-state index in [2.05, 4.69) is 24.1 Å². The number of nitrogens with one attached hydrogen (secondary N) is 1. The second-order valence-corrected chi connectivity index (χ2v) is 5.63. The lowest BCUT2D eigenvalue weighted by Crippen LogP contribution is -2.37. The first-order valence-electron chi connectivity index (χ1n) is 7.39. The summed E-state index contributed by atoms with van der Waals surface area (Å²) in [5.74, 6) is 5.35. The molecule has 3 nitrogen and oxygen atoms in total. The fourth-order valence-corrected chi connectivity index (χ4v) is 2.60. The summed E-state index contributed by atoms with van der Waals surface area (Å²) < 4.78 is 13.8. The van der Waals surface area contributed by atoms with Crippen molar-refractivity contribution in [3.05, 3.63) is 35.1 Å². The van der Waals surface area contributed by atoms with Gasteiger partial charge >= 0.3 is 0 Å². The summed E-state index contributed by atoms with van der Waals surface area (Å²) in [6, 6.07) is 4.46. The van der Waals surface area contributed by atoms with Gasteiger partial charge in [0.05, 0.1) is 12.1 Å². The molecule has 0 aromatic heterocycles. The Balaban J connectivity index is 2.07. The van der Waals surface area contributed by atoms with Gasteiger partial charge in [-0.05, 0) is 49.8 Å². The molecular weight excluding hydrogens is 267 g/mol. The Kier molecular flexibility index (Phi) is 5.35. The zero-order valence-corrected chi connectivity index (χ0v) is 12.3. The smallest absolute Gasteiger partial charge is 0.254 e. The summed E-state index contributed by atoms with van der Waals surface area (Å²) in [5, 5.41) is 2.93. The number of hydrogen-bond acceptors (Lipinski definition) is 2. The maximum absolute atomic E-state index is 13.8. The molecule has 1 saturated carbocycles. The van der Waals surface area contributed by atoms with Gasteiger partial charge in [-0.15, -0.1) is 0 Å². The first-order valence-corrected chi connectivity index (χ1v) is 7.39. The predicted molar refractivity (Wildman–Crippen MR) is 81.2 cm³/mol. The van der Waals surface area contributed by atoms with Gasteiger partial charge in [-0.1, -0.05) is 18.8 Å². The Morgan fingerprint density at radius 1 is 1.38 bits per heavy atom. The quantitative estimate of drug-likeness (QED) is 0.821. The molecular formula is C17H21FN2O. The van der Waals surface area contributed by atoms with E-state index < -0.39 is 5.82 Å². The summed E-state index contributed by atoms with van der Waals surface area (Å²) >= 11 is 0. The van der Waals surface area contributed by atoms with Crippen molar-refractivity contribution in [3.63, 3.8) is 0 Å². The number of nitrogens with two attached hydrogens (primary N) is 1. The van der Waals surface area contributed by atoms with Gasteiger partial charge in [0, 0.05) is 11.6 Å². The molecule has 4 heteroatoms. The molecule has 112 valence electrons. The minimum atomic E-state index is -0.519. The highest BCUT2D eigenvalue weighted by molar-refractivity contribution is 5.95. The van der Waals surface area contributed by atoms with Crippen LogP contribution in [0.5, 0.6) is 0 Å². The van der Waals surface area contributed by atoms with Gasteiger partial charge < -0.3 is 11.1 Å². The summed E-state index contributed by atoms with van der Waals surface area (Å²) in [6.07, 6.45) is 4.13. The van der Waals surface area contributed by atoms with Crippen LogP contribution in [-0.4, -0.2) is 18.5 Å². The molecule has 0 bridgehead atoms. The van der Waals surface area contributed by atoms with Crippen molar-refractivity contribution in [2.24, 2.45) is 11.7 Å². The summed E-state index contributed by atoms with van der Waals surface area (Å²) in [7, 11) is 0. The molecule has 0 spiro atoms. The maximum Gasteiger partial charge on any atom is 0.254 e. The van der Waals surface area contributed by atoms with Crippen molar-refractivity contribution < 1.29 is 9.18 Å². The van der Waals surface area contributed by atoms with Crippen molar-refractivity contribution in [2.75, 3.05) is 6.54 Å². The Bertz CT molecular complexity index is 566. The second-order valence-electron chi connectivity index (χ2n) is 5.63. The van der Waals surface area contributed by atoms with E-state index >= 15 is 0 Å². The van der Waals surface area contributed by atoms with Crippen molar-refractivity contribution in [2.45, 2.75) is 38.6 Å². The average molecular weight is 288 g/mol.